The van der Waals surface area contributed by atoms with Gasteiger partial charge in [0.25, 0.3) is 0 Å². The first-order valence-electron chi connectivity index (χ1n) is 5.61. The van der Waals surface area contributed by atoms with Gasteiger partial charge >= 0.3 is 0 Å². The summed E-state index contributed by atoms with van der Waals surface area (Å²) in [6.07, 6.45) is 0.906. The van der Waals surface area contributed by atoms with Gasteiger partial charge in [0.15, 0.2) is 0 Å². The smallest absolute Gasteiger partial charge is 0.128 e. The van der Waals surface area contributed by atoms with Gasteiger partial charge in [-0.3, -0.25) is 0 Å². The van der Waals surface area contributed by atoms with Crippen LogP contribution in [0, 0.1) is 5.82 Å². The zero-order valence-electron chi connectivity index (χ0n) is 9.92. The third kappa shape index (κ3) is 1.76. The van der Waals surface area contributed by atoms with Gasteiger partial charge in [-0.15, -0.1) is 0 Å². The molecule has 0 amide bonds. The molecule has 0 heterocycles. The topological polar surface area (TPSA) is 26.0 Å². The number of hydrogen-bond donors (Lipinski definition) is 2. The Hall–Kier alpha value is -0.540. The molecule has 0 bridgehead atoms. The summed E-state index contributed by atoms with van der Waals surface area (Å²) in [6.45, 7) is 5.80. The summed E-state index contributed by atoms with van der Waals surface area (Å²) in [7, 11) is 0. The molecule has 3 heteroatoms. The van der Waals surface area contributed by atoms with Gasteiger partial charge < -0.3 is 5.73 Å². The molecule has 0 saturated heterocycles. The molecular formula is C13H18FNS. The van der Waals surface area contributed by atoms with E-state index in [0.717, 1.165) is 12.0 Å². The summed E-state index contributed by atoms with van der Waals surface area (Å²) in [5, 5.41) is 0.276. The Balaban J connectivity index is 2.67. The highest BCUT2D eigenvalue weighted by atomic mass is 32.1. The molecule has 0 radical (unpaired) electrons. The maximum Gasteiger partial charge on any atom is 0.128 e. The summed E-state index contributed by atoms with van der Waals surface area (Å²) in [4.78, 5) is 0. The van der Waals surface area contributed by atoms with Crippen molar-refractivity contribution in [3.63, 3.8) is 0 Å². The quantitative estimate of drug-likeness (QED) is 0.724. The molecule has 0 spiro atoms. The summed E-state index contributed by atoms with van der Waals surface area (Å²) in [6, 6.07) is 3.40. The number of benzene rings is 1. The van der Waals surface area contributed by atoms with Crippen molar-refractivity contribution in [1.29, 1.82) is 0 Å². The minimum absolute atomic E-state index is 0.194. The maximum atomic E-state index is 13.9. The molecule has 1 aliphatic carbocycles. The van der Waals surface area contributed by atoms with E-state index in [2.05, 4.69) is 19.6 Å². The van der Waals surface area contributed by atoms with Crippen LogP contribution in [0.4, 0.5) is 4.39 Å². The lowest BCUT2D eigenvalue weighted by Gasteiger charge is -2.25. The van der Waals surface area contributed by atoms with Gasteiger partial charge in [-0.1, -0.05) is 13.0 Å². The lowest BCUT2D eigenvalue weighted by atomic mass is 9.85. The highest BCUT2D eigenvalue weighted by Crippen LogP contribution is 2.41. The van der Waals surface area contributed by atoms with Crippen LogP contribution in [0.3, 0.4) is 0 Å². The predicted octanol–water partition coefficient (Wildman–Crippen LogP) is 2.98. The number of fused-ring (bicyclic) bond motifs is 1. The maximum absolute atomic E-state index is 13.9. The Morgan fingerprint density at radius 3 is 2.62 bits per heavy atom. The van der Waals surface area contributed by atoms with Crippen LogP contribution in [0.5, 0.6) is 0 Å². The highest BCUT2D eigenvalue weighted by molar-refractivity contribution is 7.81. The summed E-state index contributed by atoms with van der Waals surface area (Å²) < 4.78 is 13.9. The second-order valence-electron chi connectivity index (χ2n) is 5.28. The molecule has 2 N–H and O–H groups in total. The Morgan fingerprint density at radius 1 is 1.44 bits per heavy atom. The van der Waals surface area contributed by atoms with Crippen molar-refractivity contribution in [3.05, 3.63) is 34.6 Å². The van der Waals surface area contributed by atoms with E-state index in [1.165, 1.54) is 11.6 Å². The van der Waals surface area contributed by atoms with E-state index in [0.29, 0.717) is 5.56 Å². The zero-order valence-corrected chi connectivity index (χ0v) is 10.8. The molecule has 0 aliphatic heterocycles. The van der Waals surface area contributed by atoms with E-state index >= 15 is 0 Å². The molecule has 88 valence electrons. The third-order valence-electron chi connectivity index (χ3n) is 3.39. The average Bonchev–Trinajstić information content (AvgIpc) is 2.42. The van der Waals surface area contributed by atoms with Gasteiger partial charge in [-0.25, -0.2) is 4.39 Å². The van der Waals surface area contributed by atoms with Crippen LogP contribution in [0.15, 0.2) is 12.1 Å². The van der Waals surface area contributed by atoms with Crippen LogP contribution in [0.1, 0.15) is 43.4 Å². The minimum atomic E-state index is -0.637. The fourth-order valence-electron chi connectivity index (χ4n) is 2.58. The van der Waals surface area contributed by atoms with Crippen molar-refractivity contribution >= 4 is 12.6 Å². The van der Waals surface area contributed by atoms with Gasteiger partial charge in [0, 0.05) is 16.4 Å². The molecule has 1 nitrogen and oxygen atoms in total. The van der Waals surface area contributed by atoms with Crippen LogP contribution in [0.2, 0.25) is 0 Å². The van der Waals surface area contributed by atoms with E-state index in [-0.39, 0.29) is 17.0 Å². The Morgan fingerprint density at radius 2 is 2.06 bits per heavy atom. The molecule has 1 aliphatic rings. The molecule has 2 rings (SSSR count). The molecular weight excluding hydrogens is 221 g/mol. The standard InChI is InChI=1S/C13H18FNS/c1-7-10(16)6-8-4-5-9(14)12(11(7)8)13(2,3)15/h4-5,7,10,16H,6,15H2,1-3H3. The summed E-state index contributed by atoms with van der Waals surface area (Å²) >= 11 is 4.55. The lowest BCUT2D eigenvalue weighted by molar-refractivity contribution is 0.492. The molecule has 0 saturated carbocycles. The average molecular weight is 239 g/mol. The minimum Gasteiger partial charge on any atom is -0.322 e. The van der Waals surface area contributed by atoms with Crippen LogP contribution in [0.25, 0.3) is 0 Å². The van der Waals surface area contributed by atoms with E-state index in [9.17, 15) is 4.39 Å². The first-order valence-corrected chi connectivity index (χ1v) is 6.12. The van der Waals surface area contributed by atoms with Crippen LogP contribution < -0.4 is 5.73 Å². The third-order valence-corrected chi connectivity index (χ3v) is 4.02. The van der Waals surface area contributed by atoms with Gasteiger partial charge in [0.1, 0.15) is 5.82 Å². The molecule has 1 aromatic rings. The summed E-state index contributed by atoms with van der Waals surface area (Å²) in [5.74, 6) is 0.0763. The first kappa shape index (κ1) is 11.9. The highest BCUT2D eigenvalue weighted by Gasteiger charge is 2.34. The van der Waals surface area contributed by atoms with Crippen molar-refractivity contribution in [2.45, 2.75) is 43.9 Å². The molecule has 2 unspecified atom stereocenters. The number of rotatable bonds is 1. The largest absolute Gasteiger partial charge is 0.322 e. The van der Waals surface area contributed by atoms with E-state index in [1.54, 1.807) is 0 Å². The van der Waals surface area contributed by atoms with Crippen molar-refractivity contribution in [1.82, 2.24) is 0 Å². The van der Waals surface area contributed by atoms with Crippen LogP contribution in [-0.2, 0) is 12.0 Å². The van der Waals surface area contributed by atoms with E-state index < -0.39 is 5.54 Å². The lowest BCUT2D eigenvalue weighted by Crippen LogP contribution is -2.32. The van der Waals surface area contributed by atoms with Crippen molar-refractivity contribution in [2.24, 2.45) is 5.73 Å². The number of hydrogen-bond acceptors (Lipinski definition) is 2. The van der Waals surface area contributed by atoms with Crippen molar-refractivity contribution in [3.8, 4) is 0 Å². The summed E-state index contributed by atoms with van der Waals surface area (Å²) in [5.41, 5.74) is 8.37. The fraction of sp³-hybridized carbons (Fsp3) is 0.538. The molecule has 2 atom stereocenters. The molecule has 0 fully saturated rings. The Kier molecular flexibility index (Phi) is 2.79. The van der Waals surface area contributed by atoms with E-state index in [1.807, 2.05) is 19.9 Å². The van der Waals surface area contributed by atoms with Gasteiger partial charge in [-0.05, 0) is 43.4 Å². The van der Waals surface area contributed by atoms with Crippen LogP contribution in [-0.4, -0.2) is 5.25 Å². The second kappa shape index (κ2) is 3.74. The fourth-order valence-corrected chi connectivity index (χ4v) is 2.93. The Labute approximate surface area is 102 Å². The van der Waals surface area contributed by atoms with Gasteiger partial charge in [0.05, 0.1) is 0 Å². The van der Waals surface area contributed by atoms with Gasteiger partial charge in [0.2, 0.25) is 0 Å². The second-order valence-corrected chi connectivity index (χ2v) is 5.94. The van der Waals surface area contributed by atoms with E-state index in [4.69, 9.17) is 5.73 Å². The molecule has 1 aromatic carbocycles. The first-order chi connectivity index (χ1) is 7.32. The predicted molar refractivity (Wildman–Crippen MR) is 68.5 cm³/mol. The SMILES string of the molecule is CC1c2c(ccc(F)c2C(C)(C)N)CC1S. The molecule has 0 aromatic heterocycles. The van der Waals surface area contributed by atoms with Crippen molar-refractivity contribution < 1.29 is 4.39 Å². The van der Waals surface area contributed by atoms with Crippen molar-refractivity contribution in [2.75, 3.05) is 0 Å². The van der Waals surface area contributed by atoms with Crippen LogP contribution >= 0.6 is 12.6 Å². The van der Waals surface area contributed by atoms with Gasteiger partial charge in [-0.2, -0.15) is 12.6 Å². The molecule has 16 heavy (non-hydrogen) atoms. The number of nitrogens with two attached hydrogens (primary N) is 1. The number of halogens is 1. The zero-order chi connectivity index (χ0) is 12.1. The normalized spacial score (nSPS) is 24.6. The number of thiol groups is 1. The monoisotopic (exact) mass is 239 g/mol. The Bertz CT molecular complexity index is 423.